The van der Waals surface area contributed by atoms with Gasteiger partial charge in [0.25, 0.3) is 0 Å². The first-order valence-electron chi connectivity index (χ1n) is 2.17. The van der Waals surface area contributed by atoms with Crippen molar-refractivity contribution in [2.45, 2.75) is 0 Å². The van der Waals surface area contributed by atoms with Crippen molar-refractivity contribution in [1.29, 1.82) is 0 Å². The van der Waals surface area contributed by atoms with Crippen LogP contribution in [0.5, 0.6) is 0 Å². The Bertz CT molecular complexity index is 180. The fraction of sp³-hybridized carbons (Fsp3) is 0. The third-order valence-electron chi connectivity index (χ3n) is 0.828. The molecule has 0 radical (unpaired) electrons. The van der Waals surface area contributed by atoms with Crippen LogP contribution in [0.4, 0.5) is 0 Å². The minimum atomic E-state index is -0.227. The number of aromatic nitrogens is 1. The number of rotatable bonds is 1. The molecular weight excluding hydrogens is 122 g/mol. The summed E-state index contributed by atoms with van der Waals surface area (Å²) in [6.45, 7) is 0. The van der Waals surface area contributed by atoms with E-state index in [-0.39, 0.29) is 5.12 Å². The van der Waals surface area contributed by atoms with E-state index in [9.17, 15) is 4.79 Å². The molecule has 0 aromatic carbocycles. The molecule has 3 heteroatoms. The molecule has 0 aliphatic heterocycles. The van der Waals surface area contributed by atoms with Crippen LogP contribution in [0.25, 0.3) is 0 Å². The topological polar surface area (TPSA) is 32.9 Å². The zero-order valence-corrected chi connectivity index (χ0v) is 4.98. The molecule has 0 fully saturated rings. The van der Waals surface area contributed by atoms with E-state index in [1.807, 2.05) is 0 Å². The molecule has 0 spiro atoms. The third kappa shape index (κ3) is 0.924. The molecular formula is C5H5NOS. The lowest BCUT2D eigenvalue weighted by atomic mass is 10.5. The van der Waals surface area contributed by atoms with Crippen LogP contribution in [-0.4, -0.2) is 10.1 Å². The summed E-state index contributed by atoms with van der Waals surface area (Å²) in [5.41, 5.74) is 0.535. The molecule has 0 amide bonds. The lowest BCUT2D eigenvalue weighted by Crippen LogP contribution is -1.85. The maximum absolute atomic E-state index is 10.3. The van der Waals surface area contributed by atoms with Gasteiger partial charge < -0.3 is 4.98 Å². The molecule has 8 heavy (non-hydrogen) atoms. The summed E-state index contributed by atoms with van der Waals surface area (Å²) in [6.07, 6.45) is 1.68. The first kappa shape index (κ1) is 5.44. The Morgan fingerprint density at radius 1 is 1.75 bits per heavy atom. The summed E-state index contributed by atoms with van der Waals surface area (Å²) in [7, 11) is 0. The Balaban J connectivity index is 2.93. The fourth-order valence-corrected chi connectivity index (χ4v) is 0.602. The van der Waals surface area contributed by atoms with Gasteiger partial charge in [-0.3, -0.25) is 4.79 Å². The van der Waals surface area contributed by atoms with Crippen LogP contribution in [0.1, 0.15) is 10.5 Å². The number of thiol groups is 1. The summed E-state index contributed by atoms with van der Waals surface area (Å²) >= 11 is 3.58. The average molecular weight is 127 g/mol. The van der Waals surface area contributed by atoms with Gasteiger partial charge in [0.1, 0.15) is 0 Å². The zero-order valence-electron chi connectivity index (χ0n) is 4.09. The van der Waals surface area contributed by atoms with Crippen molar-refractivity contribution in [3.63, 3.8) is 0 Å². The van der Waals surface area contributed by atoms with Crippen molar-refractivity contribution in [3.05, 3.63) is 24.0 Å². The Morgan fingerprint density at radius 3 is 2.75 bits per heavy atom. The molecule has 0 atom stereocenters. The number of carbonyl (C=O) groups excluding carboxylic acids is 1. The molecule has 2 nitrogen and oxygen atoms in total. The monoisotopic (exact) mass is 127 g/mol. The minimum Gasteiger partial charge on any atom is -0.358 e. The predicted molar refractivity (Wildman–Crippen MR) is 34.1 cm³/mol. The lowest BCUT2D eigenvalue weighted by molar-refractivity contribution is 0.108. The van der Waals surface area contributed by atoms with Gasteiger partial charge in [0.2, 0.25) is 5.12 Å². The van der Waals surface area contributed by atoms with Crippen molar-refractivity contribution in [1.82, 2.24) is 4.98 Å². The Morgan fingerprint density at radius 2 is 2.50 bits per heavy atom. The summed E-state index contributed by atoms with van der Waals surface area (Å²) in [5, 5.41) is -0.227. The number of carbonyl (C=O) groups is 1. The van der Waals surface area contributed by atoms with Gasteiger partial charge in [-0.05, 0) is 12.1 Å². The van der Waals surface area contributed by atoms with Gasteiger partial charge in [-0.25, -0.2) is 0 Å². The maximum Gasteiger partial charge on any atom is 0.232 e. The van der Waals surface area contributed by atoms with Gasteiger partial charge in [-0.1, -0.05) is 12.6 Å². The van der Waals surface area contributed by atoms with Gasteiger partial charge in [0.15, 0.2) is 0 Å². The molecule has 0 unspecified atom stereocenters. The van der Waals surface area contributed by atoms with Crippen molar-refractivity contribution in [2.75, 3.05) is 0 Å². The van der Waals surface area contributed by atoms with Crippen LogP contribution in [0.15, 0.2) is 18.3 Å². The lowest BCUT2D eigenvalue weighted by Gasteiger charge is -1.80. The van der Waals surface area contributed by atoms with Crippen LogP contribution in [0.2, 0.25) is 0 Å². The quantitative estimate of drug-likeness (QED) is 0.544. The van der Waals surface area contributed by atoms with Gasteiger partial charge >= 0.3 is 0 Å². The van der Waals surface area contributed by atoms with Gasteiger partial charge in [-0.15, -0.1) is 0 Å². The Hall–Kier alpha value is -0.700. The molecule has 0 saturated heterocycles. The van der Waals surface area contributed by atoms with Crippen molar-refractivity contribution in [2.24, 2.45) is 0 Å². The second-order valence-electron chi connectivity index (χ2n) is 1.39. The highest BCUT2D eigenvalue weighted by molar-refractivity contribution is 7.97. The molecule has 1 N–H and O–H groups in total. The molecule has 0 saturated carbocycles. The summed E-state index contributed by atoms with van der Waals surface area (Å²) in [5.74, 6) is 0. The van der Waals surface area contributed by atoms with Crippen LogP contribution in [0.3, 0.4) is 0 Å². The number of hydrogen-bond acceptors (Lipinski definition) is 1. The van der Waals surface area contributed by atoms with E-state index in [4.69, 9.17) is 0 Å². The van der Waals surface area contributed by atoms with E-state index in [2.05, 4.69) is 17.6 Å². The summed E-state index contributed by atoms with van der Waals surface area (Å²) in [4.78, 5) is 13.1. The Labute approximate surface area is 52.3 Å². The molecule has 0 bridgehead atoms. The van der Waals surface area contributed by atoms with Crippen LogP contribution >= 0.6 is 12.6 Å². The highest BCUT2D eigenvalue weighted by atomic mass is 32.1. The molecule has 42 valence electrons. The number of hydrogen-bond donors (Lipinski definition) is 2. The molecule has 0 aliphatic rings. The summed E-state index contributed by atoms with van der Waals surface area (Å²) < 4.78 is 0. The van der Waals surface area contributed by atoms with E-state index in [0.29, 0.717) is 5.69 Å². The fourth-order valence-electron chi connectivity index (χ4n) is 0.463. The average Bonchev–Trinajstić information content (AvgIpc) is 2.12. The summed E-state index contributed by atoms with van der Waals surface area (Å²) in [6, 6.07) is 3.43. The molecule has 0 aliphatic carbocycles. The molecule has 1 heterocycles. The minimum absolute atomic E-state index is 0.227. The van der Waals surface area contributed by atoms with E-state index in [1.54, 1.807) is 18.3 Å². The first-order chi connectivity index (χ1) is 3.80. The third-order valence-corrected chi connectivity index (χ3v) is 1.07. The van der Waals surface area contributed by atoms with Crippen LogP contribution < -0.4 is 0 Å². The maximum atomic E-state index is 10.3. The van der Waals surface area contributed by atoms with Crippen LogP contribution in [-0.2, 0) is 0 Å². The van der Waals surface area contributed by atoms with Gasteiger partial charge in [0.05, 0.1) is 5.69 Å². The Kier molecular flexibility index (Phi) is 1.39. The molecule has 1 aromatic heterocycles. The standard InChI is InChI=1S/C5H5NOS/c7-5(8)4-2-1-3-6-4/h1-3,6H,(H,7,8). The molecule has 1 rings (SSSR count). The van der Waals surface area contributed by atoms with Crippen molar-refractivity contribution in [3.8, 4) is 0 Å². The second kappa shape index (κ2) is 2.05. The van der Waals surface area contributed by atoms with E-state index >= 15 is 0 Å². The highest BCUT2D eigenvalue weighted by Crippen LogP contribution is 1.97. The normalized spacial score (nSPS) is 9.12. The number of aromatic amines is 1. The predicted octanol–water partition coefficient (Wildman–Crippen LogP) is 1.08. The first-order valence-corrected chi connectivity index (χ1v) is 2.62. The second-order valence-corrected chi connectivity index (χ2v) is 1.80. The van der Waals surface area contributed by atoms with E-state index < -0.39 is 0 Å². The van der Waals surface area contributed by atoms with Crippen molar-refractivity contribution >= 4 is 17.7 Å². The number of nitrogens with one attached hydrogen (secondary N) is 1. The number of H-pyrrole nitrogens is 1. The molecule has 1 aromatic rings. The SMILES string of the molecule is O=C(S)c1ccc[nH]1. The van der Waals surface area contributed by atoms with E-state index in [1.165, 1.54) is 0 Å². The van der Waals surface area contributed by atoms with Crippen LogP contribution in [0, 0.1) is 0 Å². The van der Waals surface area contributed by atoms with E-state index in [0.717, 1.165) is 0 Å². The smallest absolute Gasteiger partial charge is 0.232 e. The van der Waals surface area contributed by atoms with Gasteiger partial charge in [-0.2, -0.15) is 0 Å². The van der Waals surface area contributed by atoms with Gasteiger partial charge in [0, 0.05) is 6.20 Å². The highest BCUT2D eigenvalue weighted by Gasteiger charge is 1.95. The zero-order chi connectivity index (χ0) is 5.98. The van der Waals surface area contributed by atoms with Crippen molar-refractivity contribution < 1.29 is 4.79 Å². The largest absolute Gasteiger partial charge is 0.358 e.